The summed E-state index contributed by atoms with van der Waals surface area (Å²) in [6.07, 6.45) is -0.488. The van der Waals surface area contributed by atoms with Gasteiger partial charge < -0.3 is 9.47 Å². The Morgan fingerprint density at radius 3 is 1.83 bits per heavy atom. The van der Waals surface area contributed by atoms with Crippen LogP contribution >= 0.6 is 0 Å². The second-order valence-corrected chi connectivity index (χ2v) is 6.27. The highest BCUT2D eigenvalue weighted by Gasteiger charge is 2.16. The monoisotopic (exact) mass is 327 g/mol. The quantitative estimate of drug-likeness (QED) is 0.844. The van der Waals surface area contributed by atoms with Crippen LogP contribution in [0.15, 0.2) is 48.5 Å². The van der Waals surface area contributed by atoms with Crippen LogP contribution in [0.1, 0.15) is 31.1 Å². The Morgan fingerprint density at radius 2 is 1.38 bits per heavy atom. The molecule has 5 heteroatoms. The summed E-state index contributed by atoms with van der Waals surface area (Å²) in [4.78, 5) is 23.2. The number of anilines is 1. The molecule has 0 unspecified atom stereocenters. The van der Waals surface area contributed by atoms with Crippen molar-refractivity contribution in [1.82, 2.24) is 0 Å². The summed E-state index contributed by atoms with van der Waals surface area (Å²) in [7, 11) is 1.35. The van der Waals surface area contributed by atoms with Crippen molar-refractivity contribution in [3.63, 3.8) is 0 Å². The molecular weight excluding hydrogens is 306 g/mol. The van der Waals surface area contributed by atoms with Crippen molar-refractivity contribution in [3.8, 4) is 11.1 Å². The lowest BCUT2D eigenvalue weighted by Gasteiger charge is -2.19. The number of benzene rings is 2. The molecule has 2 aromatic carbocycles. The van der Waals surface area contributed by atoms with Crippen LogP contribution in [0.2, 0.25) is 0 Å². The van der Waals surface area contributed by atoms with Crippen molar-refractivity contribution in [2.45, 2.75) is 26.4 Å². The molecule has 1 amide bonds. The van der Waals surface area contributed by atoms with Crippen molar-refractivity contribution < 1.29 is 19.1 Å². The number of ether oxygens (including phenoxy) is 2. The molecule has 0 saturated carbocycles. The minimum absolute atomic E-state index is 0.363. The van der Waals surface area contributed by atoms with Gasteiger partial charge in [0.15, 0.2) is 0 Å². The van der Waals surface area contributed by atoms with E-state index >= 15 is 0 Å². The highest BCUT2D eigenvalue weighted by Crippen LogP contribution is 2.22. The average molecular weight is 327 g/mol. The minimum Gasteiger partial charge on any atom is -0.465 e. The number of carbonyl (C=O) groups is 2. The summed E-state index contributed by atoms with van der Waals surface area (Å²) >= 11 is 0. The molecular formula is C19H21NO4. The van der Waals surface area contributed by atoms with Gasteiger partial charge in [-0.25, -0.2) is 9.59 Å². The number of hydrogen-bond acceptors (Lipinski definition) is 4. The third-order valence-corrected chi connectivity index (χ3v) is 3.17. The van der Waals surface area contributed by atoms with E-state index in [9.17, 15) is 9.59 Å². The van der Waals surface area contributed by atoms with Crippen LogP contribution in [0.4, 0.5) is 10.5 Å². The third-order valence-electron chi connectivity index (χ3n) is 3.17. The van der Waals surface area contributed by atoms with Crippen molar-refractivity contribution >= 4 is 17.7 Å². The molecule has 2 aromatic rings. The van der Waals surface area contributed by atoms with Crippen LogP contribution in [-0.4, -0.2) is 24.8 Å². The van der Waals surface area contributed by atoms with E-state index in [0.29, 0.717) is 11.3 Å². The molecule has 0 aliphatic heterocycles. The van der Waals surface area contributed by atoms with Gasteiger partial charge in [-0.3, -0.25) is 5.32 Å². The number of carbonyl (C=O) groups excluding carboxylic acids is 2. The number of hydrogen-bond donors (Lipinski definition) is 1. The molecule has 0 fully saturated rings. The molecule has 1 N–H and O–H groups in total. The zero-order chi connectivity index (χ0) is 17.7. The van der Waals surface area contributed by atoms with Gasteiger partial charge in [-0.1, -0.05) is 24.3 Å². The minimum atomic E-state index is -0.536. The molecule has 0 radical (unpaired) electrons. The fourth-order valence-electron chi connectivity index (χ4n) is 2.08. The van der Waals surface area contributed by atoms with Gasteiger partial charge in [0.05, 0.1) is 12.7 Å². The number of methoxy groups -OCH3 is 1. The molecule has 0 saturated heterocycles. The van der Waals surface area contributed by atoms with E-state index in [2.05, 4.69) is 10.1 Å². The zero-order valence-electron chi connectivity index (χ0n) is 14.3. The van der Waals surface area contributed by atoms with Crippen LogP contribution in [0.25, 0.3) is 11.1 Å². The zero-order valence-corrected chi connectivity index (χ0v) is 14.3. The van der Waals surface area contributed by atoms with E-state index in [4.69, 9.17) is 4.74 Å². The fourth-order valence-corrected chi connectivity index (χ4v) is 2.08. The Labute approximate surface area is 141 Å². The van der Waals surface area contributed by atoms with E-state index in [0.717, 1.165) is 11.1 Å². The summed E-state index contributed by atoms with van der Waals surface area (Å²) in [6, 6.07) is 14.5. The topological polar surface area (TPSA) is 64.6 Å². The molecule has 2 rings (SSSR count). The molecule has 0 bridgehead atoms. The van der Waals surface area contributed by atoms with E-state index in [1.54, 1.807) is 24.3 Å². The van der Waals surface area contributed by atoms with Crippen molar-refractivity contribution in [2.75, 3.05) is 12.4 Å². The molecule has 126 valence electrons. The molecule has 5 nitrogen and oxygen atoms in total. The van der Waals surface area contributed by atoms with Gasteiger partial charge in [0.1, 0.15) is 5.60 Å². The Kier molecular flexibility index (Phi) is 5.24. The van der Waals surface area contributed by atoms with Gasteiger partial charge >= 0.3 is 12.1 Å². The van der Waals surface area contributed by atoms with Crippen LogP contribution in [0.5, 0.6) is 0 Å². The van der Waals surface area contributed by atoms with Crippen LogP contribution < -0.4 is 5.32 Å². The van der Waals surface area contributed by atoms with Crippen molar-refractivity contribution in [1.29, 1.82) is 0 Å². The maximum absolute atomic E-state index is 11.7. The third kappa shape index (κ3) is 4.84. The predicted octanol–water partition coefficient (Wildman–Crippen LogP) is 4.49. The SMILES string of the molecule is COC(=O)c1ccc(-c2ccc(NC(=O)OC(C)(C)C)cc2)cc1. The molecule has 0 aliphatic carbocycles. The molecule has 0 spiro atoms. The first-order chi connectivity index (χ1) is 11.3. The summed E-state index contributed by atoms with van der Waals surface area (Å²) in [5.41, 5.74) is 2.56. The number of rotatable bonds is 3. The second-order valence-electron chi connectivity index (χ2n) is 6.27. The second kappa shape index (κ2) is 7.17. The van der Waals surface area contributed by atoms with Crippen molar-refractivity contribution in [2.24, 2.45) is 0 Å². The van der Waals surface area contributed by atoms with Crippen LogP contribution in [0.3, 0.4) is 0 Å². The first-order valence-electron chi connectivity index (χ1n) is 7.57. The van der Waals surface area contributed by atoms with Gasteiger partial charge in [0, 0.05) is 5.69 Å². The molecule has 0 aromatic heterocycles. The van der Waals surface area contributed by atoms with E-state index in [-0.39, 0.29) is 5.97 Å². The van der Waals surface area contributed by atoms with Gasteiger partial charge in [0.25, 0.3) is 0 Å². The lowest BCUT2D eigenvalue weighted by Crippen LogP contribution is -2.27. The maximum atomic E-state index is 11.7. The Bertz CT molecular complexity index is 713. The highest BCUT2D eigenvalue weighted by atomic mass is 16.6. The lowest BCUT2D eigenvalue weighted by atomic mass is 10.0. The Balaban J connectivity index is 2.06. The molecule has 24 heavy (non-hydrogen) atoms. The highest BCUT2D eigenvalue weighted by molar-refractivity contribution is 5.90. The first-order valence-corrected chi connectivity index (χ1v) is 7.57. The van der Waals surface area contributed by atoms with Gasteiger partial charge in [-0.15, -0.1) is 0 Å². The number of esters is 1. The largest absolute Gasteiger partial charge is 0.465 e. The normalized spacial score (nSPS) is 10.8. The Hall–Kier alpha value is -2.82. The summed E-state index contributed by atoms with van der Waals surface area (Å²) in [6.45, 7) is 5.44. The standard InChI is InChI=1S/C19H21NO4/c1-19(2,3)24-18(22)20-16-11-9-14(10-12-16)13-5-7-15(8-6-13)17(21)23-4/h5-12H,1-4H3,(H,20,22). The Morgan fingerprint density at radius 1 is 0.875 bits per heavy atom. The molecule has 0 aliphatic rings. The van der Waals surface area contributed by atoms with Crippen LogP contribution in [-0.2, 0) is 9.47 Å². The summed E-state index contributed by atoms with van der Waals surface area (Å²) in [5, 5.41) is 2.69. The smallest absolute Gasteiger partial charge is 0.412 e. The van der Waals surface area contributed by atoms with E-state index in [1.807, 2.05) is 45.0 Å². The summed E-state index contributed by atoms with van der Waals surface area (Å²) < 4.78 is 9.89. The molecule has 0 atom stereocenters. The van der Waals surface area contributed by atoms with Gasteiger partial charge in [-0.05, 0) is 56.2 Å². The maximum Gasteiger partial charge on any atom is 0.412 e. The lowest BCUT2D eigenvalue weighted by molar-refractivity contribution is 0.0598. The predicted molar refractivity (Wildman–Crippen MR) is 93.1 cm³/mol. The molecule has 0 heterocycles. The van der Waals surface area contributed by atoms with Crippen LogP contribution in [0, 0.1) is 0 Å². The van der Waals surface area contributed by atoms with Gasteiger partial charge in [0.2, 0.25) is 0 Å². The summed E-state index contributed by atoms with van der Waals surface area (Å²) in [5.74, 6) is -0.363. The number of amides is 1. The van der Waals surface area contributed by atoms with Gasteiger partial charge in [-0.2, -0.15) is 0 Å². The van der Waals surface area contributed by atoms with E-state index in [1.165, 1.54) is 7.11 Å². The van der Waals surface area contributed by atoms with Crippen molar-refractivity contribution in [3.05, 3.63) is 54.1 Å². The first kappa shape index (κ1) is 17.5. The fraction of sp³-hybridized carbons (Fsp3) is 0.263. The number of nitrogens with one attached hydrogen (secondary N) is 1. The average Bonchev–Trinajstić information content (AvgIpc) is 2.53. The van der Waals surface area contributed by atoms with E-state index < -0.39 is 11.7 Å².